The van der Waals surface area contributed by atoms with Crippen LogP contribution >= 0.6 is 50.4 Å². The zero-order chi connectivity index (χ0) is 15.1. The summed E-state index contributed by atoms with van der Waals surface area (Å²) in [5.41, 5.74) is 1.11. The maximum atomic E-state index is 12.5. The van der Waals surface area contributed by atoms with Crippen LogP contribution in [0.4, 0.5) is 0 Å². The molecule has 0 saturated carbocycles. The summed E-state index contributed by atoms with van der Waals surface area (Å²) in [6.07, 6.45) is 0. The Balaban J connectivity index is 1.99. The lowest BCUT2D eigenvalue weighted by atomic mass is 10.2. The Bertz CT molecular complexity index is 878. The minimum atomic E-state index is 0.0525. The highest BCUT2D eigenvalue weighted by Crippen LogP contribution is 2.31. The molecule has 0 aliphatic rings. The zero-order valence-corrected chi connectivity index (χ0v) is 15.8. The van der Waals surface area contributed by atoms with Crippen molar-refractivity contribution >= 4 is 60.6 Å². The molecule has 0 fully saturated rings. The first kappa shape index (κ1) is 15.3. The number of aromatic nitrogens is 2. The zero-order valence-electron chi connectivity index (χ0n) is 11.8. The van der Waals surface area contributed by atoms with Gasteiger partial charge in [-0.2, -0.15) is 0 Å². The molecule has 0 radical (unpaired) electrons. The first-order valence-electron chi connectivity index (χ1n) is 6.31. The quantitative estimate of drug-likeness (QED) is 0.470. The molecule has 0 atom stereocenters. The van der Waals surface area contributed by atoms with Gasteiger partial charge in [-0.05, 0) is 47.5 Å². The second-order valence-corrected chi connectivity index (χ2v) is 9.41. The lowest BCUT2D eigenvalue weighted by Crippen LogP contribution is -2.19. The predicted molar refractivity (Wildman–Crippen MR) is 95.9 cm³/mol. The van der Waals surface area contributed by atoms with E-state index >= 15 is 0 Å². The molecule has 3 rings (SSSR count). The summed E-state index contributed by atoms with van der Waals surface area (Å²) < 4.78 is 2.79. The second-order valence-electron chi connectivity index (χ2n) is 4.72. The molecule has 0 amide bonds. The number of nitrogens with zero attached hydrogens (tertiary/aromatic N) is 2. The van der Waals surface area contributed by atoms with E-state index in [1.165, 1.54) is 9.75 Å². The number of hydrogen-bond acceptors (Lipinski definition) is 5. The van der Waals surface area contributed by atoms with Crippen LogP contribution in [0.3, 0.4) is 0 Å². The normalized spacial score (nSPS) is 11.4. The number of halogens is 1. The molecule has 0 bridgehead atoms. The molecule has 3 heterocycles. The third-order valence-electron chi connectivity index (χ3n) is 3.34. The topological polar surface area (TPSA) is 34.9 Å². The van der Waals surface area contributed by atoms with E-state index in [2.05, 4.69) is 27.0 Å². The van der Waals surface area contributed by atoms with E-state index in [0.717, 1.165) is 30.5 Å². The van der Waals surface area contributed by atoms with Gasteiger partial charge in [0.2, 0.25) is 0 Å². The Morgan fingerprint density at radius 3 is 2.76 bits per heavy atom. The van der Waals surface area contributed by atoms with Gasteiger partial charge in [-0.1, -0.05) is 11.8 Å². The molecule has 21 heavy (non-hydrogen) atoms. The van der Waals surface area contributed by atoms with Crippen molar-refractivity contribution in [2.45, 2.75) is 24.8 Å². The first-order valence-corrected chi connectivity index (χ1v) is 9.72. The van der Waals surface area contributed by atoms with Gasteiger partial charge in [-0.3, -0.25) is 9.36 Å². The molecule has 0 aliphatic heterocycles. The number of hydrogen-bond donors (Lipinski definition) is 0. The third-order valence-corrected chi connectivity index (χ3v) is 7.33. The van der Waals surface area contributed by atoms with E-state index in [9.17, 15) is 4.79 Å². The summed E-state index contributed by atoms with van der Waals surface area (Å²) in [7, 11) is 1.80. The SMILES string of the molecule is Cc1sc2nc(SCc3ccc(Br)s3)n(C)c(=O)c2c1C. The lowest BCUT2D eigenvalue weighted by Gasteiger charge is -2.06. The summed E-state index contributed by atoms with van der Waals surface area (Å²) in [6, 6.07) is 4.14. The minimum absolute atomic E-state index is 0.0525. The fraction of sp³-hybridized carbons (Fsp3) is 0.286. The van der Waals surface area contributed by atoms with E-state index in [4.69, 9.17) is 0 Å². The van der Waals surface area contributed by atoms with E-state index in [0.29, 0.717) is 0 Å². The van der Waals surface area contributed by atoms with Crippen LogP contribution in [0.5, 0.6) is 0 Å². The fourth-order valence-corrected chi connectivity index (χ4v) is 5.62. The van der Waals surface area contributed by atoms with Crippen LogP contribution in [0.1, 0.15) is 15.3 Å². The van der Waals surface area contributed by atoms with Gasteiger partial charge in [0.25, 0.3) is 5.56 Å². The average Bonchev–Trinajstić information content (AvgIpc) is 2.97. The highest BCUT2D eigenvalue weighted by Gasteiger charge is 2.15. The van der Waals surface area contributed by atoms with Crippen molar-refractivity contribution in [2.24, 2.45) is 7.05 Å². The predicted octanol–water partition coefficient (Wildman–Crippen LogP) is 4.73. The van der Waals surface area contributed by atoms with Crippen molar-refractivity contribution in [3.8, 4) is 0 Å². The largest absolute Gasteiger partial charge is 0.290 e. The summed E-state index contributed by atoms with van der Waals surface area (Å²) in [6.45, 7) is 4.03. The van der Waals surface area contributed by atoms with Gasteiger partial charge in [0.05, 0.1) is 9.17 Å². The van der Waals surface area contributed by atoms with Crippen LogP contribution < -0.4 is 5.56 Å². The second kappa shape index (κ2) is 5.87. The molecule has 0 saturated heterocycles. The van der Waals surface area contributed by atoms with Gasteiger partial charge < -0.3 is 0 Å². The van der Waals surface area contributed by atoms with Crippen LogP contribution in [-0.2, 0) is 12.8 Å². The van der Waals surface area contributed by atoms with Crippen molar-refractivity contribution in [1.29, 1.82) is 0 Å². The summed E-state index contributed by atoms with van der Waals surface area (Å²) >= 11 is 8.38. The summed E-state index contributed by atoms with van der Waals surface area (Å²) in [5.74, 6) is 0.825. The minimum Gasteiger partial charge on any atom is -0.290 e. The summed E-state index contributed by atoms with van der Waals surface area (Å²) in [4.78, 5) is 20.5. The highest BCUT2D eigenvalue weighted by molar-refractivity contribution is 9.11. The molecule has 110 valence electrons. The summed E-state index contributed by atoms with van der Waals surface area (Å²) in [5, 5.41) is 1.54. The number of thiophene rings is 2. The molecule has 7 heteroatoms. The average molecular weight is 401 g/mol. The molecular weight excluding hydrogens is 388 g/mol. The maximum Gasteiger partial charge on any atom is 0.262 e. The molecule has 0 spiro atoms. The van der Waals surface area contributed by atoms with Gasteiger partial charge in [0.1, 0.15) is 4.83 Å². The van der Waals surface area contributed by atoms with E-state index in [1.807, 2.05) is 19.9 Å². The van der Waals surface area contributed by atoms with Crippen LogP contribution in [0.15, 0.2) is 25.9 Å². The Morgan fingerprint density at radius 1 is 1.33 bits per heavy atom. The molecule has 3 aromatic heterocycles. The van der Waals surface area contributed by atoms with Gasteiger partial charge in [0.15, 0.2) is 5.16 Å². The smallest absolute Gasteiger partial charge is 0.262 e. The standard InChI is InChI=1S/C14H13BrN2OS3/c1-7-8(2)20-12-11(7)13(18)17(3)14(16-12)19-6-9-4-5-10(15)21-9/h4-5H,6H2,1-3H3. The van der Waals surface area contributed by atoms with Crippen molar-refractivity contribution in [1.82, 2.24) is 9.55 Å². The number of aryl methyl sites for hydroxylation is 2. The molecule has 0 aromatic carbocycles. The monoisotopic (exact) mass is 400 g/mol. The van der Waals surface area contributed by atoms with Crippen LogP contribution in [-0.4, -0.2) is 9.55 Å². The molecule has 3 aromatic rings. The van der Waals surface area contributed by atoms with Crippen molar-refractivity contribution < 1.29 is 0 Å². The Morgan fingerprint density at radius 2 is 2.10 bits per heavy atom. The molecule has 0 N–H and O–H groups in total. The number of rotatable bonds is 3. The van der Waals surface area contributed by atoms with Crippen molar-refractivity contribution in [3.05, 3.63) is 41.6 Å². The molecule has 3 nitrogen and oxygen atoms in total. The van der Waals surface area contributed by atoms with Crippen molar-refractivity contribution in [2.75, 3.05) is 0 Å². The first-order chi connectivity index (χ1) is 9.97. The van der Waals surface area contributed by atoms with Crippen LogP contribution in [0, 0.1) is 13.8 Å². The Hall–Kier alpha value is -0.630. The molecule has 0 unspecified atom stereocenters. The highest BCUT2D eigenvalue weighted by atomic mass is 79.9. The van der Waals surface area contributed by atoms with Gasteiger partial charge >= 0.3 is 0 Å². The van der Waals surface area contributed by atoms with E-state index in [-0.39, 0.29) is 5.56 Å². The van der Waals surface area contributed by atoms with Gasteiger partial charge in [-0.15, -0.1) is 22.7 Å². The number of thioether (sulfide) groups is 1. The molecule has 0 aliphatic carbocycles. The Labute approximate surface area is 143 Å². The number of fused-ring (bicyclic) bond motifs is 1. The van der Waals surface area contributed by atoms with E-state index < -0.39 is 0 Å². The van der Waals surface area contributed by atoms with Crippen LogP contribution in [0.2, 0.25) is 0 Å². The Kier molecular flexibility index (Phi) is 4.27. The van der Waals surface area contributed by atoms with Gasteiger partial charge in [-0.25, -0.2) is 4.98 Å². The van der Waals surface area contributed by atoms with Crippen LogP contribution in [0.25, 0.3) is 10.2 Å². The fourth-order valence-electron chi connectivity index (χ4n) is 2.05. The maximum absolute atomic E-state index is 12.5. The van der Waals surface area contributed by atoms with Gasteiger partial charge in [0, 0.05) is 22.6 Å². The van der Waals surface area contributed by atoms with E-state index in [1.54, 1.807) is 46.1 Å². The molecular formula is C14H13BrN2OS3. The lowest BCUT2D eigenvalue weighted by molar-refractivity contribution is 0.727. The van der Waals surface area contributed by atoms with Crippen molar-refractivity contribution in [3.63, 3.8) is 0 Å². The third kappa shape index (κ3) is 2.84.